The number of nitrogens with zero attached hydrogens (tertiary/aromatic N) is 1. The number of benzene rings is 9. The second-order valence-electron chi connectivity index (χ2n) is 16.8. The van der Waals surface area contributed by atoms with Gasteiger partial charge in [-0.05, 0) is 81.4 Å². The molecule has 1 aliphatic rings. The van der Waals surface area contributed by atoms with Crippen molar-refractivity contribution < 1.29 is 13.3 Å². The Kier molecular flexibility index (Phi) is 7.04. The lowest BCUT2D eigenvalue weighted by molar-refractivity contribution is 0.660. The Balaban J connectivity index is 1.10. The summed E-state index contributed by atoms with van der Waals surface area (Å²) in [7, 11) is 0. The van der Waals surface area contributed by atoms with Gasteiger partial charge in [-0.15, -0.1) is 0 Å². The van der Waals surface area contributed by atoms with Gasteiger partial charge in [-0.2, -0.15) is 0 Å². The number of hydrogen-bond donors (Lipinski definition) is 0. The predicted octanol–water partition coefficient (Wildman–Crippen LogP) is 16.5. The molecule has 4 heteroatoms. The average molecular weight is 784 g/mol. The van der Waals surface area contributed by atoms with Gasteiger partial charge >= 0.3 is 0 Å². The molecule has 1 aliphatic carbocycles. The van der Waals surface area contributed by atoms with Crippen LogP contribution >= 0.6 is 0 Å². The van der Waals surface area contributed by atoms with E-state index in [1.807, 2.05) is 24.3 Å². The maximum absolute atomic E-state index is 7.38. The molecule has 61 heavy (non-hydrogen) atoms. The number of rotatable bonds is 5. The lowest BCUT2D eigenvalue weighted by atomic mass is 9.82. The summed E-state index contributed by atoms with van der Waals surface area (Å²) in [5, 5.41) is 6.26. The minimum Gasteiger partial charge on any atom is -0.456 e. The number of anilines is 3. The largest absolute Gasteiger partial charge is 0.456 e. The monoisotopic (exact) mass is 783 g/mol. The SMILES string of the molecule is CC1(C)c2ccccc2-c2ccc(N(c3cccc4c3oc3ccccc34)c3cccc4c3oc3c(-c5ccc(-c6ccccc6)cc5)c5c(cc34)oc3ccccc35)cc21. The number of para-hydroxylation sites is 4. The molecule has 12 aromatic rings. The predicted molar refractivity (Wildman–Crippen MR) is 251 cm³/mol. The zero-order valence-electron chi connectivity index (χ0n) is 33.6. The molecule has 0 amide bonds. The van der Waals surface area contributed by atoms with Crippen LogP contribution in [-0.4, -0.2) is 0 Å². The fraction of sp³-hybridized carbons (Fsp3) is 0.0526. The highest BCUT2D eigenvalue weighted by molar-refractivity contribution is 6.25. The van der Waals surface area contributed by atoms with Crippen LogP contribution in [0.5, 0.6) is 0 Å². The van der Waals surface area contributed by atoms with Crippen LogP contribution in [0.15, 0.2) is 201 Å². The quantitative estimate of drug-likeness (QED) is 0.174. The Morgan fingerprint density at radius 1 is 0.377 bits per heavy atom. The Bertz CT molecular complexity index is 3730. The van der Waals surface area contributed by atoms with E-state index in [1.54, 1.807) is 0 Å². The Morgan fingerprint density at radius 3 is 1.75 bits per heavy atom. The third-order valence-corrected chi connectivity index (χ3v) is 13.1. The van der Waals surface area contributed by atoms with E-state index in [2.05, 4.69) is 183 Å². The molecule has 0 fully saturated rings. The van der Waals surface area contributed by atoms with Crippen molar-refractivity contribution in [2.24, 2.45) is 0 Å². The molecule has 0 radical (unpaired) electrons. The summed E-state index contributed by atoms with van der Waals surface area (Å²) in [5.74, 6) is 0. The van der Waals surface area contributed by atoms with Gasteiger partial charge in [0.25, 0.3) is 0 Å². The third kappa shape index (κ3) is 4.87. The first kappa shape index (κ1) is 34.1. The summed E-state index contributed by atoms with van der Waals surface area (Å²) in [6.45, 7) is 4.66. The summed E-state index contributed by atoms with van der Waals surface area (Å²) in [6.07, 6.45) is 0. The molecule has 0 saturated heterocycles. The molecule has 0 N–H and O–H groups in total. The summed E-state index contributed by atoms with van der Waals surface area (Å²) >= 11 is 0. The summed E-state index contributed by atoms with van der Waals surface area (Å²) in [5.41, 5.74) is 17.3. The van der Waals surface area contributed by atoms with Crippen molar-refractivity contribution in [3.05, 3.63) is 199 Å². The van der Waals surface area contributed by atoms with Crippen LogP contribution in [0.2, 0.25) is 0 Å². The van der Waals surface area contributed by atoms with Gasteiger partial charge in [0.2, 0.25) is 0 Å². The third-order valence-electron chi connectivity index (χ3n) is 13.1. The fourth-order valence-electron chi connectivity index (χ4n) is 10.2. The molecule has 0 spiro atoms. The smallest absolute Gasteiger partial charge is 0.159 e. The van der Waals surface area contributed by atoms with E-state index in [1.165, 1.54) is 27.8 Å². The van der Waals surface area contributed by atoms with E-state index in [0.717, 1.165) is 99.6 Å². The molecular weight excluding hydrogens is 747 g/mol. The Labute approximate surface area is 351 Å². The van der Waals surface area contributed by atoms with E-state index in [9.17, 15) is 0 Å². The van der Waals surface area contributed by atoms with Gasteiger partial charge < -0.3 is 18.2 Å². The van der Waals surface area contributed by atoms with Crippen LogP contribution in [0.3, 0.4) is 0 Å². The molecule has 13 rings (SSSR count). The van der Waals surface area contributed by atoms with Gasteiger partial charge in [-0.25, -0.2) is 0 Å². The van der Waals surface area contributed by atoms with Gasteiger partial charge in [0.05, 0.1) is 11.4 Å². The van der Waals surface area contributed by atoms with Crippen LogP contribution in [0.25, 0.3) is 99.2 Å². The van der Waals surface area contributed by atoms with Crippen molar-refractivity contribution in [1.29, 1.82) is 0 Å². The van der Waals surface area contributed by atoms with Crippen LogP contribution in [0, 0.1) is 0 Å². The number of fused-ring (bicyclic) bond motifs is 12. The molecule has 0 atom stereocenters. The highest BCUT2D eigenvalue weighted by atomic mass is 16.3. The molecular formula is C57H37NO3. The minimum absolute atomic E-state index is 0.188. The van der Waals surface area contributed by atoms with E-state index in [4.69, 9.17) is 13.3 Å². The van der Waals surface area contributed by atoms with Gasteiger partial charge in [-0.3, -0.25) is 0 Å². The van der Waals surface area contributed by atoms with Crippen molar-refractivity contribution in [2.75, 3.05) is 4.90 Å². The van der Waals surface area contributed by atoms with Crippen molar-refractivity contribution in [2.45, 2.75) is 19.3 Å². The molecule has 0 aliphatic heterocycles. The molecule has 0 unspecified atom stereocenters. The standard InChI is InChI=1S/C57H37NO3/c1-57(2)45-21-9-6-16-38(45)39-31-30-37(32-46(39)57)58(47-22-12-19-41-40-17-7-10-24-49(40)60-54(41)47)48-23-13-20-42-44-33-51-53(43-18-8-11-25-50(43)59-51)52(56(44)61-55(42)48)36-28-26-35(27-29-36)34-14-4-3-5-15-34/h3-33H,1-2H3. The first-order valence-corrected chi connectivity index (χ1v) is 20.9. The van der Waals surface area contributed by atoms with Crippen LogP contribution < -0.4 is 4.90 Å². The van der Waals surface area contributed by atoms with Crippen LogP contribution in [0.1, 0.15) is 25.0 Å². The molecule has 3 heterocycles. The normalized spacial score (nSPS) is 13.2. The van der Waals surface area contributed by atoms with Crippen molar-refractivity contribution in [3.8, 4) is 33.4 Å². The molecule has 0 saturated carbocycles. The number of furan rings is 3. The van der Waals surface area contributed by atoms with E-state index >= 15 is 0 Å². The van der Waals surface area contributed by atoms with E-state index in [0.29, 0.717) is 0 Å². The van der Waals surface area contributed by atoms with Crippen LogP contribution in [-0.2, 0) is 5.41 Å². The summed E-state index contributed by atoms with van der Waals surface area (Å²) < 4.78 is 20.8. The zero-order valence-corrected chi connectivity index (χ0v) is 33.6. The first-order chi connectivity index (χ1) is 30.0. The lowest BCUT2D eigenvalue weighted by Crippen LogP contribution is -2.16. The highest BCUT2D eigenvalue weighted by Crippen LogP contribution is 2.53. The van der Waals surface area contributed by atoms with E-state index < -0.39 is 0 Å². The van der Waals surface area contributed by atoms with Crippen molar-refractivity contribution in [3.63, 3.8) is 0 Å². The summed E-state index contributed by atoms with van der Waals surface area (Å²) in [6, 6.07) is 66.8. The molecule has 4 nitrogen and oxygen atoms in total. The lowest BCUT2D eigenvalue weighted by Gasteiger charge is -2.28. The maximum atomic E-state index is 7.38. The fourth-order valence-corrected chi connectivity index (χ4v) is 10.2. The van der Waals surface area contributed by atoms with Crippen molar-refractivity contribution in [1.82, 2.24) is 0 Å². The van der Waals surface area contributed by atoms with Gasteiger partial charge in [-0.1, -0.05) is 159 Å². The average Bonchev–Trinajstić information content (AvgIpc) is 4.05. The highest BCUT2D eigenvalue weighted by Gasteiger charge is 2.36. The van der Waals surface area contributed by atoms with Gasteiger partial charge in [0.15, 0.2) is 11.2 Å². The first-order valence-electron chi connectivity index (χ1n) is 20.9. The molecule has 9 aromatic carbocycles. The van der Waals surface area contributed by atoms with Gasteiger partial charge in [0.1, 0.15) is 22.3 Å². The Hall–Kier alpha value is -7.82. The minimum atomic E-state index is -0.188. The van der Waals surface area contributed by atoms with Gasteiger partial charge in [0, 0.05) is 49.0 Å². The topological polar surface area (TPSA) is 42.7 Å². The second-order valence-corrected chi connectivity index (χ2v) is 16.8. The molecule has 0 bridgehead atoms. The molecule has 288 valence electrons. The maximum Gasteiger partial charge on any atom is 0.159 e. The number of hydrogen-bond acceptors (Lipinski definition) is 4. The molecule has 3 aromatic heterocycles. The zero-order chi connectivity index (χ0) is 40.4. The summed E-state index contributed by atoms with van der Waals surface area (Å²) in [4.78, 5) is 2.34. The van der Waals surface area contributed by atoms with Crippen molar-refractivity contribution >= 4 is 82.9 Å². The van der Waals surface area contributed by atoms with Crippen LogP contribution in [0.4, 0.5) is 17.1 Å². The second kappa shape index (κ2) is 12.6. The van der Waals surface area contributed by atoms with E-state index in [-0.39, 0.29) is 5.41 Å². The Morgan fingerprint density at radius 2 is 0.967 bits per heavy atom.